The molecule has 0 aromatic rings. The molecule has 0 saturated carbocycles. The standard InChI is InChI=1S/C35H54O6/c1-8-14-19-24-31(13-6)40-35(38)29(11-4)22-20-17-16-18-21-27-39-34(37)30(12-5)25-26-32(23-15-9-2)41-33(36)28(7)10-3/h9,13,15-19,21,23-24,28-32H,2,6,8,10-12,14,20,22,25-27H2,1,3-5,7H3/b17-16+,21-18+,23-15+,24-19+. The first kappa shape index (κ1) is 37.9. The fourth-order valence-corrected chi connectivity index (χ4v) is 3.82. The largest absolute Gasteiger partial charge is 0.461 e. The Hall–Kier alpha value is -3.15. The maximum Gasteiger partial charge on any atom is 0.309 e. The van der Waals surface area contributed by atoms with E-state index in [1.165, 1.54) is 0 Å². The smallest absolute Gasteiger partial charge is 0.309 e. The summed E-state index contributed by atoms with van der Waals surface area (Å²) in [5, 5.41) is 0. The average molecular weight is 571 g/mol. The second-order valence-electron chi connectivity index (χ2n) is 10.1. The van der Waals surface area contributed by atoms with E-state index < -0.39 is 6.10 Å². The van der Waals surface area contributed by atoms with Crippen molar-refractivity contribution >= 4 is 17.9 Å². The SMILES string of the molecule is C=C/C=C/C(CCC(CC)C(=O)OC/C=C/C=C/CCC(CC)C(=O)OC(C=C)/C=C/CCC)OC(=O)C(C)CC. The molecular weight excluding hydrogens is 516 g/mol. The molecule has 0 radical (unpaired) electrons. The van der Waals surface area contributed by atoms with Crippen LogP contribution in [0.1, 0.15) is 92.4 Å². The van der Waals surface area contributed by atoms with Crippen LogP contribution in [0.25, 0.3) is 0 Å². The molecule has 0 aromatic heterocycles. The maximum absolute atomic E-state index is 12.6. The molecule has 41 heavy (non-hydrogen) atoms. The third kappa shape index (κ3) is 18.0. The van der Waals surface area contributed by atoms with E-state index >= 15 is 0 Å². The minimum atomic E-state index is -0.401. The first-order valence-corrected chi connectivity index (χ1v) is 15.2. The van der Waals surface area contributed by atoms with Gasteiger partial charge in [0, 0.05) is 0 Å². The van der Waals surface area contributed by atoms with Crippen LogP contribution in [0, 0.1) is 17.8 Å². The van der Waals surface area contributed by atoms with Gasteiger partial charge in [-0.1, -0.05) is 90.7 Å². The monoisotopic (exact) mass is 570 g/mol. The van der Waals surface area contributed by atoms with E-state index in [0.717, 1.165) is 19.3 Å². The Morgan fingerprint density at radius 2 is 1.39 bits per heavy atom. The number of unbranched alkanes of at least 4 members (excludes halogenated alkanes) is 1. The molecule has 0 amide bonds. The fourth-order valence-electron chi connectivity index (χ4n) is 3.82. The van der Waals surface area contributed by atoms with Crippen molar-refractivity contribution in [2.24, 2.45) is 17.8 Å². The van der Waals surface area contributed by atoms with Crippen LogP contribution in [0.2, 0.25) is 0 Å². The quantitative estimate of drug-likeness (QED) is 0.0531. The van der Waals surface area contributed by atoms with Gasteiger partial charge in [0.1, 0.15) is 18.8 Å². The van der Waals surface area contributed by atoms with E-state index in [4.69, 9.17) is 14.2 Å². The Morgan fingerprint density at radius 1 is 0.707 bits per heavy atom. The summed E-state index contributed by atoms with van der Waals surface area (Å²) in [7, 11) is 0. The maximum atomic E-state index is 12.6. The van der Waals surface area contributed by atoms with Crippen molar-refractivity contribution in [2.75, 3.05) is 6.61 Å². The van der Waals surface area contributed by atoms with Crippen LogP contribution in [0.4, 0.5) is 0 Å². The Kier molecular flexibility index (Phi) is 22.7. The lowest BCUT2D eigenvalue weighted by atomic mass is 9.98. The highest BCUT2D eigenvalue weighted by Crippen LogP contribution is 2.19. The Morgan fingerprint density at radius 3 is 2.00 bits per heavy atom. The van der Waals surface area contributed by atoms with E-state index in [2.05, 4.69) is 20.1 Å². The van der Waals surface area contributed by atoms with Crippen LogP contribution in [0.15, 0.2) is 73.9 Å². The zero-order valence-corrected chi connectivity index (χ0v) is 26.1. The van der Waals surface area contributed by atoms with Gasteiger partial charge >= 0.3 is 17.9 Å². The summed E-state index contributed by atoms with van der Waals surface area (Å²) in [5.74, 6) is -1.29. The van der Waals surface area contributed by atoms with Gasteiger partial charge in [-0.25, -0.2) is 0 Å². The minimum absolute atomic E-state index is 0.164. The summed E-state index contributed by atoms with van der Waals surface area (Å²) in [5.41, 5.74) is 0. The molecule has 0 saturated heterocycles. The van der Waals surface area contributed by atoms with Crippen molar-refractivity contribution in [1.29, 1.82) is 0 Å². The molecule has 230 valence electrons. The summed E-state index contributed by atoms with van der Waals surface area (Å²) in [6.07, 6.45) is 24.0. The van der Waals surface area contributed by atoms with Crippen LogP contribution < -0.4 is 0 Å². The van der Waals surface area contributed by atoms with E-state index in [1.807, 2.05) is 58.1 Å². The lowest BCUT2D eigenvalue weighted by Crippen LogP contribution is -2.24. The average Bonchev–Trinajstić information content (AvgIpc) is 2.97. The van der Waals surface area contributed by atoms with Gasteiger partial charge in [0.25, 0.3) is 0 Å². The van der Waals surface area contributed by atoms with E-state index in [0.29, 0.717) is 38.5 Å². The Balaban J connectivity index is 4.59. The number of carbonyl (C=O) groups is 3. The van der Waals surface area contributed by atoms with Gasteiger partial charge in [-0.05, 0) is 75.7 Å². The third-order valence-corrected chi connectivity index (χ3v) is 6.85. The number of esters is 3. The summed E-state index contributed by atoms with van der Waals surface area (Å²) < 4.78 is 16.6. The van der Waals surface area contributed by atoms with Gasteiger partial charge < -0.3 is 14.2 Å². The van der Waals surface area contributed by atoms with Gasteiger partial charge in [-0.3, -0.25) is 14.4 Å². The predicted molar refractivity (Wildman–Crippen MR) is 168 cm³/mol. The summed E-state index contributed by atoms with van der Waals surface area (Å²) in [4.78, 5) is 37.3. The fraction of sp³-hybridized carbons (Fsp3) is 0.571. The van der Waals surface area contributed by atoms with Crippen molar-refractivity contribution in [2.45, 2.75) is 105 Å². The predicted octanol–water partition coefficient (Wildman–Crippen LogP) is 8.41. The van der Waals surface area contributed by atoms with Crippen molar-refractivity contribution in [3.63, 3.8) is 0 Å². The number of hydrogen-bond acceptors (Lipinski definition) is 6. The van der Waals surface area contributed by atoms with Crippen molar-refractivity contribution in [3.8, 4) is 0 Å². The highest BCUT2D eigenvalue weighted by molar-refractivity contribution is 5.73. The number of carbonyl (C=O) groups excluding carboxylic acids is 3. The van der Waals surface area contributed by atoms with E-state index in [9.17, 15) is 14.4 Å². The van der Waals surface area contributed by atoms with Crippen LogP contribution in [0.3, 0.4) is 0 Å². The zero-order valence-electron chi connectivity index (χ0n) is 26.1. The molecule has 0 fully saturated rings. The number of rotatable bonds is 23. The lowest BCUT2D eigenvalue weighted by Gasteiger charge is -2.19. The Labute approximate surface area is 249 Å². The molecule has 0 aliphatic rings. The molecule has 0 bridgehead atoms. The molecule has 5 atom stereocenters. The van der Waals surface area contributed by atoms with Gasteiger partial charge in [0.05, 0.1) is 17.8 Å². The molecule has 6 nitrogen and oxygen atoms in total. The molecule has 0 aromatic carbocycles. The molecular formula is C35H54O6. The van der Waals surface area contributed by atoms with Crippen molar-refractivity contribution < 1.29 is 28.6 Å². The van der Waals surface area contributed by atoms with Crippen LogP contribution in [-0.2, 0) is 28.6 Å². The van der Waals surface area contributed by atoms with Crippen molar-refractivity contribution in [1.82, 2.24) is 0 Å². The summed E-state index contributed by atoms with van der Waals surface area (Å²) in [6.45, 7) is 17.4. The highest BCUT2D eigenvalue weighted by atomic mass is 16.5. The topological polar surface area (TPSA) is 78.9 Å². The van der Waals surface area contributed by atoms with Gasteiger partial charge in [-0.15, -0.1) is 0 Å². The number of ether oxygens (including phenoxy) is 3. The van der Waals surface area contributed by atoms with E-state index in [1.54, 1.807) is 30.4 Å². The molecule has 0 aliphatic heterocycles. The second kappa shape index (κ2) is 24.6. The number of hydrogen-bond donors (Lipinski definition) is 0. The first-order chi connectivity index (χ1) is 19.8. The first-order valence-electron chi connectivity index (χ1n) is 15.2. The van der Waals surface area contributed by atoms with Crippen LogP contribution in [-0.4, -0.2) is 36.7 Å². The van der Waals surface area contributed by atoms with E-state index in [-0.39, 0.29) is 48.4 Å². The summed E-state index contributed by atoms with van der Waals surface area (Å²) in [6, 6.07) is 0. The van der Waals surface area contributed by atoms with Gasteiger partial charge in [0.2, 0.25) is 0 Å². The lowest BCUT2D eigenvalue weighted by molar-refractivity contribution is -0.152. The molecule has 0 heterocycles. The normalized spacial score (nSPS) is 15.5. The zero-order chi connectivity index (χ0) is 30.9. The molecule has 0 N–H and O–H groups in total. The molecule has 0 rings (SSSR count). The number of allylic oxidation sites excluding steroid dienone is 6. The van der Waals surface area contributed by atoms with Gasteiger partial charge in [-0.2, -0.15) is 0 Å². The highest BCUT2D eigenvalue weighted by Gasteiger charge is 2.22. The van der Waals surface area contributed by atoms with Crippen LogP contribution in [0.5, 0.6) is 0 Å². The molecule has 5 unspecified atom stereocenters. The summed E-state index contributed by atoms with van der Waals surface area (Å²) >= 11 is 0. The molecule has 0 aliphatic carbocycles. The minimum Gasteiger partial charge on any atom is -0.461 e. The van der Waals surface area contributed by atoms with Gasteiger partial charge in [0.15, 0.2) is 0 Å². The molecule has 6 heteroatoms. The third-order valence-electron chi connectivity index (χ3n) is 6.85. The Bertz CT molecular complexity index is 881. The molecule has 0 spiro atoms. The second-order valence-corrected chi connectivity index (χ2v) is 10.1. The van der Waals surface area contributed by atoms with Crippen molar-refractivity contribution in [3.05, 3.63) is 73.9 Å². The van der Waals surface area contributed by atoms with Crippen LogP contribution >= 0.6 is 0 Å².